The van der Waals surface area contributed by atoms with Crippen molar-refractivity contribution in [3.63, 3.8) is 0 Å². The van der Waals surface area contributed by atoms with Gasteiger partial charge in [0, 0.05) is 24.4 Å². The summed E-state index contributed by atoms with van der Waals surface area (Å²) in [5.74, 6) is 0.528. The number of hydrogen-bond donors (Lipinski definition) is 1. The van der Waals surface area contributed by atoms with E-state index in [-0.39, 0.29) is 18.4 Å². The van der Waals surface area contributed by atoms with Crippen LogP contribution >= 0.6 is 0 Å². The van der Waals surface area contributed by atoms with Gasteiger partial charge >= 0.3 is 0 Å². The number of nitrogens with zero attached hydrogens (tertiary/aromatic N) is 1. The number of ether oxygens (including phenoxy) is 2. The van der Waals surface area contributed by atoms with Gasteiger partial charge in [-0.25, -0.2) is 0 Å². The van der Waals surface area contributed by atoms with Gasteiger partial charge in [0.05, 0.1) is 14.2 Å². The van der Waals surface area contributed by atoms with E-state index in [4.69, 9.17) is 9.47 Å². The van der Waals surface area contributed by atoms with Crippen LogP contribution in [-0.4, -0.2) is 32.6 Å². The van der Waals surface area contributed by atoms with Crippen LogP contribution in [-0.2, 0) is 16.0 Å². The predicted octanol–water partition coefficient (Wildman–Crippen LogP) is 3.26. The Balaban J connectivity index is 2.14. The van der Waals surface area contributed by atoms with Crippen LogP contribution < -0.4 is 19.7 Å². The highest BCUT2D eigenvalue weighted by atomic mass is 16.5. The molecule has 2 rings (SSSR count). The number of amides is 2. The minimum atomic E-state index is -0.278. The molecular formula is C20H24N2O4. The first kappa shape index (κ1) is 19.3. The zero-order valence-corrected chi connectivity index (χ0v) is 15.5. The number of aryl methyl sites for hydroxylation is 1. The molecule has 0 heterocycles. The average Bonchev–Trinajstić information content (AvgIpc) is 2.66. The topological polar surface area (TPSA) is 67.9 Å². The third kappa shape index (κ3) is 4.75. The molecule has 138 valence electrons. The molecule has 6 nitrogen and oxygen atoms in total. The first-order valence-electron chi connectivity index (χ1n) is 8.37. The molecule has 0 fully saturated rings. The molecule has 0 aliphatic carbocycles. The Kier molecular flexibility index (Phi) is 6.60. The first-order valence-corrected chi connectivity index (χ1v) is 8.37. The van der Waals surface area contributed by atoms with Crippen molar-refractivity contribution in [2.45, 2.75) is 20.3 Å². The van der Waals surface area contributed by atoms with Crippen molar-refractivity contribution in [3.8, 4) is 11.5 Å². The molecule has 6 heteroatoms. The Morgan fingerprint density at radius 2 is 1.65 bits per heavy atom. The summed E-state index contributed by atoms with van der Waals surface area (Å²) in [5, 5.41) is 2.81. The molecule has 0 aromatic heterocycles. The predicted molar refractivity (Wildman–Crippen MR) is 102 cm³/mol. The van der Waals surface area contributed by atoms with Crippen LogP contribution in [0.2, 0.25) is 0 Å². The molecule has 26 heavy (non-hydrogen) atoms. The maximum absolute atomic E-state index is 12.4. The highest BCUT2D eigenvalue weighted by molar-refractivity contribution is 6.01. The summed E-state index contributed by atoms with van der Waals surface area (Å²) >= 11 is 0. The van der Waals surface area contributed by atoms with Crippen LogP contribution in [0.5, 0.6) is 11.5 Å². The van der Waals surface area contributed by atoms with Gasteiger partial charge in [-0.1, -0.05) is 19.1 Å². The molecule has 0 radical (unpaired) electrons. The van der Waals surface area contributed by atoms with Crippen molar-refractivity contribution >= 4 is 23.2 Å². The van der Waals surface area contributed by atoms with Crippen molar-refractivity contribution in [1.29, 1.82) is 0 Å². The summed E-state index contributed by atoms with van der Waals surface area (Å²) in [7, 11) is 3.06. The molecular weight excluding hydrogens is 332 g/mol. The molecule has 2 aromatic carbocycles. The lowest BCUT2D eigenvalue weighted by Gasteiger charge is -2.22. The number of rotatable bonds is 7. The maximum atomic E-state index is 12.4. The van der Waals surface area contributed by atoms with E-state index >= 15 is 0 Å². The van der Waals surface area contributed by atoms with Gasteiger partial charge < -0.3 is 19.7 Å². The lowest BCUT2D eigenvalue weighted by atomic mass is 10.1. The van der Waals surface area contributed by atoms with Gasteiger partial charge in [-0.05, 0) is 36.2 Å². The molecule has 0 bridgehead atoms. The van der Waals surface area contributed by atoms with Crippen molar-refractivity contribution in [2.24, 2.45) is 0 Å². The summed E-state index contributed by atoms with van der Waals surface area (Å²) < 4.78 is 10.5. The lowest BCUT2D eigenvalue weighted by Crippen LogP contribution is -2.36. The number of benzene rings is 2. The molecule has 2 aromatic rings. The van der Waals surface area contributed by atoms with E-state index in [9.17, 15) is 9.59 Å². The van der Waals surface area contributed by atoms with E-state index < -0.39 is 0 Å². The van der Waals surface area contributed by atoms with Gasteiger partial charge in [-0.3, -0.25) is 9.59 Å². The second kappa shape index (κ2) is 8.89. The molecule has 0 unspecified atom stereocenters. The average molecular weight is 356 g/mol. The van der Waals surface area contributed by atoms with Gasteiger partial charge in [0.1, 0.15) is 6.54 Å². The largest absolute Gasteiger partial charge is 0.493 e. The number of anilines is 2. The number of nitrogens with one attached hydrogen (secondary N) is 1. The van der Waals surface area contributed by atoms with Crippen LogP contribution in [0.3, 0.4) is 0 Å². The fourth-order valence-electron chi connectivity index (χ4n) is 2.55. The Morgan fingerprint density at radius 1 is 1.00 bits per heavy atom. The molecule has 0 atom stereocenters. The molecule has 0 spiro atoms. The van der Waals surface area contributed by atoms with Crippen LogP contribution in [0.1, 0.15) is 19.4 Å². The van der Waals surface area contributed by atoms with Gasteiger partial charge in [0.15, 0.2) is 11.5 Å². The van der Waals surface area contributed by atoms with Gasteiger partial charge in [-0.15, -0.1) is 0 Å². The van der Waals surface area contributed by atoms with E-state index in [1.165, 1.54) is 31.6 Å². The van der Waals surface area contributed by atoms with Crippen LogP contribution in [0, 0.1) is 0 Å². The second-order valence-electron chi connectivity index (χ2n) is 5.74. The minimum Gasteiger partial charge on any atom is -0.493 e. The Bertz CT molecular complexity index is 772. The Morgan fingerprint density at radius 3 is 2.19 bits per heavy atom. The van der Waals surface area contributed by atoms with Crippen molar-refractivity contribution < 1.29 is 19.1 Å². The highest BCUT2D eigenvalue weighted by Crippen LogP contribution is 2.31. The summed E-state index contributed by atoms with van der Waals surface area (Å²) in [6.45, 7) is 3.39. The summed E-state index contributed by atoms with van der Waals surface area (Å²) in [5.41, 5.74) is 2.45. The monoisotopic (exact) mass is 356 g/mol. The molecule has 0 saturated heterocycles. The number of hydrogen-bond acceptors (Lipinski definition) is 4. The van der Waals surface area contributed by atoms with E-state index in [2.05, 4.69) is 12.2 Å². The van der Waals surface area contributed by atoms with E-state index in [0.29, 0.717) is 22.9 Å². The zero-order valence-electron chi connectivity index (χ0n) is 15.5. The van der Waals surface area contributed by atoms with Gasteiger partial charge in [0.25, 0.3) is 0 Å². The molecule has 2 amide bonds. The maximum Gasteiger partial charge on any atom is 0.244 e. The highest BCUT2D eigenvalue weighted by Gasteiger charge is 2.18. The molecule has 0 saturated carbocycles. The van der Waals surface area contributed by atoms with Crippen LogP contribution in [0.25, 0.3) is 0 Å². The fourth-order valence-corrected chi connectivity index (χ4v) is 2.55. The van der Waals surface area contributed by atoms with Crippen molar-refractivity contribution in [2.75, 3.05) is 31.0 Å². The fraction of sp³-hybridized carbons (Fsp3) is 0.300. The second-order valence-corrected chi connectivity index (χ2v) is 5.74. The number of carbonyl (C=O) groups is 2. The standard InChI is InChI=1S/C20H24N2O4/c1-5-15-6-8-16(9-7-15)21-20(24)13-22(14(2)23)17-10-11-18(25-3)19(12-17)26-4/h6-12H,5,13H2,1-4H3,(H,21,24). The third-order valence-electron chi connectivity index (χ3n) is 4.01. The van der Waals surface area contributed by atoms with Crippen LogP contribution in [0.4, 0.5) is 11.4 Å². The van der Waals surface area contributed by atoms with E-state index in [1.54, 1.807) is 18.2 Å². The van der Waals surface area contributed by atoms with Gasteiger partial charge in [0.2, 0.25) is 11.8 Å². The zero-order chi connectivity index (χ0) is 19.1. The molecule has 0 aliphatic rings. The summed E-state index contributed by atoms with van der Waals surface area (Å²) in [6.07, 6.45) is 0.936. The number of carbonyl (C=O) groups excluding carboxylic acids is 2. The quantitative estimate of drug-likeness (QED) is 0.827. The van der Waals surface area contributed by atoms with E-state index in [1.807, 2.05) is 24.3 Å². The third-order valence-corrected chi connectivity index (χ3v) is 4.01. The molecule has 0 aliphatic heterocycles. The lowest BCUT2D eigenvalue weighted by molar-refractivity contribution is -0.120. The summed E-state index contributed by atoms with van der Waals surface area (Å²) in [6, 6.07) is 12.7. The van der Waals surface area contributed by atoms with E-state index in [0.717, 1.165) is 6.42 Å². The minimum absolute atomic E-state index is 0.0969. The summed E-state index contributed by atoms with van der Waals surface area (Å²) in [4.78, 5) is 25.8. The first-order chi connectivity index (χ1) is 12.5. The van der Waals surface area contributed by atoms with Crippen molar-refractivity contribution in [3.05, 3.63) is 48.0 Å². The molecule has 1 N–H and O–H groups in total. The number of methoxy groups -OCH3 is 2. The Labute approximate surface area is 153 Å². The van der Waals surface area contributed by atoms with Crippen molar-refractivity contribution in [1.82, 2.24) is 0 Å². The smallest absolute Gasteiger partial charge is 0.244 e. The normalized spacial score (nSPS) is 10.2. The van der Waals surface area contributed by atoms with Gasteiger partial charge in [-0.2, -0.15) is 0 Å². The SMILES string of the molecule is CCc1ccc(NC(=O)CN(C(C)=O)c2ccc(OC)c(OC)c2)cc1. The van der Waals surface area contributed by atoms with Crippen LogP contribution in [0.15, 0.2) is 42.5 Å². The Hall–Kier alpha value is -3.02.